The molecule has 0 aliphatic carbocycles. The molecular formula is C16H25N3S. The third-order valence-corrected chi connectivity index (χ3v) is 4.31. The van der Waals surface area contributed by atoms with Crippen molar-refractivity contribution in [1.29, 1.82) is 0 Å². The average Bonchev–Trinajstić information content (AvgIpc) is 2.83. The molecular weight excluding hydrogens is 266 g/mol. The van der Waals surface area contributed by atoms with Crippen LogP contribution in [0.2, 0.25) is 0 Å². The molecule has 0 saturated heterocycles. The number of aryl methyl sites for hydroxylation is 2. The molecule has 0 bridgehead atoms. The molecule has 0 amide bonds. The lowest BCUT2D eigenvalue weighted by Crippen LogP contribution is -2.17. The Bertz CT molecular complexity index is 562. The van der Waals surface area contributed by atoms with Gasteiger partial charge in [0, 0.05) is 6.54 Å². The van der Waals surface area contributed by atoms with Crippen LogP contribution in [-0.2, 0) is 13.0 Å². The van der Waals surface area contributed by atoms with Gasteiger partial charge in [-0.25, -0.2) is 4.98 Å². The first-order valence-electron chi connectivity index (χ1n) is 7.44. The predicted octanol–water partition coefficient (Wildman–Crippen LogP) is 3.76. The maximum absolute atomic E-state index is 6.35. The second-order valence-electron chi connectivity index (χ2n) is 5.19. The minimum atomic E-state index is 0.0338. The Morgan fingerprint density at radius 3 is 2.80 bits per heavy atom. The van der Waals surface area contributed by atoms with Gasteiger partial charge in [-0.15, -0.1) is 0 Å². The highest BCUT2D eigenvalue weighted by molar-refractivity contribution is 7.98. The van der Waals surface area contributed by atoms with Gasteiger partial charge in [0.05, 0.1) is 17.1 Å². The van der Waals surface area contributed by atoms with E-state index >= 15 is 0 Å². The lowest BCUT2D eigenvalue weighted by Gasteiger charge is -2.13. The molecule has 0 fully saturated rings. The summed E-state index contributed by atoms with van der Waals surface area (Å²) in [5, 5.41) is 0. The molecule has 0 aliphatic heterocycles. The fraction of sp³-hybridized carbons (Fsp3) is 0.562. The number of imidazole rings is 1. The Morgan fingerprint density at radius 1 is 1.35 bits per heavy atom. The first kappa shape index (κ1) is 15.4. The van der Waals surface area contributed by atoms with E-state index in [0.717, 1.165) is 42.9 Å². The number of aromatic nitrogens is 2. The van der Waals surface area contributed by atoms with Crippen LogP contribution >= 0.6 is 11.8 Å². The van der Waals surface area contributed by atoms with Crippen molar-refractivity contribution in [3.05, 3.63) is 29.6 Å². The molecule has 0 saturated carbocycles. The lowest BCUT2D eigenvalue weighted by molar-refractivity contribution is 0.578. The molecule has 1 heterocycles. The molecule has 4 heteroatoms. The van der Waals surface area contributed by atoms with Gasteiger partial charge in [0.15, 0.2) is 0 Å². The summed E-state index contributed by atoms with van der Waals surface area (Å²) in [7, 11) is 0. The molecule has 2 aromatic rings. The molecule has 1 unspecified atom stereocenters. The molecule has 3 nitrogen and oxygen atoms in total. The molecule has 0 spiro atoms. The van der Waals surface area contributed by atoms with Gasteiger partial charge in [-0.05, 0) is 49.0 Å². The Morgan fingerprint density at radius 2 is 2.15 bits per heavy atom. The van der Waals surface area contributed by atoms with Gasteiger partial charge >= 0.3 is 0 Å². The van der Waals surface area contributed by atoms with E-state index in [9.17, 15) is 0 Å². The van der Waals surface area contributed by atoms with Crippen LogP contribution in [0, 0.1) is 0 Å². The second-order valence-corrected chi connectivity index (χ2v) is 6.17. The van der Waals surface area contributed by atoms with Crippen LogP contribution in [0.15, 0.2) is 18.2 Å². The van der Waals surface area contributed by atoms with Crippen LogP contribution in [-0.4, -0.2) is 21.6 Å². The van der Waals surface area contributed by atoms with Crippen LogP contribution < -0.4 is 5.73 Å². The molecule has 110 valence electrons. The quantitative estimate of drug-likeness (QED) is 0.844. The zero-order chi connectivity index (χ0) is 14.5. The fourth-order valence-corrected chi connectivity index (χ4v) is 3.02. The van der Waals surface area contributed by atoms with Crippen molar-refractivity contribution < 1.29 is 0 Å². The summed E-state index contributed by atoms with van der Waals surface area (Å²) in [6, 6.07) is 6.63. The number of thioether (sulfide) groups is 1. The van der Waals surface area contributed by atoms with Gasteiger partial charge in [-0.1, -0.05) is 19.9 Å². The van der Waals surface area contributed by atoms with Gasteiger partial charge in [0.1, 0.15) is 5.82 Å². The van der Waals surface area contributed by atoms with E-state index in [2.05, 4.69) is 42.9 Å². The minimum absolute atomic E-state index is 0.0338. The van der Waals surface area contributed by atoms with Gasteiger partial charge in [-0.3, -0.25) is 0 Å². The third-order valence-electron chi connectivity index (χ3n) is 3.66. The number of rotatable bonds is 7. The highest BCUT2D eigenvalue weighted by Gasteiger charge is 2.16. The van der Waals surface area contributed by atoms with E-state index in [1.807, 2.05) is 11.8 Å². The van der Waals surface area contributed by atoms with Crippen molar-refractivity contribution in [3.8, 4) is 0 Å². The Balaban J connectivity index is 2.43. The normalized spacial score (nSPS) is 13.0. The van der Waals surface area contributed by atoms with Crippen LogP contribution in [0.4, 0.5) is 0 Å². The zero-order valence-electron chi connectivity index (χ0n) is 12.7. The smallest absolute Gasteiger partial charge is 0.126 e. The number of hydrogen-bond donors (Lipinski definition) is 1. The first-order valence-corrected chi connectivity index (χ1v) is 8.84. The molecule has 0 aliphatic rings. The molecule has 20 heavy (non-hydrogen) atoms. The van der Waals surface area contributed by atoms with Crippen molar-refractivity contribution in [2.75, 3.05) is 12.0 Å². The number of hydrogen-bond acceptors (Lipinski definition) is 3. The molecule has 0 radical (unpaired) electrons. The van der Waals surface area contributed by atoms with E-state index in [4.69, 9.17) is 10.7 Å². The monoisotopic (exact) mass is 291 g/mol. The van der Waals surface area contributed by atoms with Crippen molar-refractivity contribution in [3.63, 3.8) is 0 Å². The molecule has 2 N–H and O–H groups in total. The van der Waals surface area contributed by atoms with Crippen molar-refractivity contribution >= 4 is 22.8 Å². The fourth-order valence-electron chi connectivity index (χ4n) is 2.53. The summed E-state index contributed by atoms with van der Waals surface area (Å²) in [4.78, 5) is 4.82. The lowest BCUT2D eigenvalue weighted by atomic mass is 10.1. The van der Waals surface area contributed by atoms with Gasteiger partial charge in [-0.2, -0.15) is 11.8 Å². The average molecular weight is 291 g/mol. The standard InChI is InChI=1S/C16H25N3S/c1-4-9-19-15-7-6-12(5-2)11-14(15)18-16(19)13(17)8-10-20-3/h6-7,11,13H,4-5,8-10,17H2,1-3H3. The summed E-state index contributed by atoms with van der Waals surface area (Å²) in [5.41, 5.74) is 10.00. The van der Waals surface area contributed by atoms with Crippen molar-refractivity contribution in [1.82, 2.24) is 9.55 Å². The van der Waals surface area contributed by atoms with Gasteiger partial charge in [0.25, 0.3) is 0 Å². The molecule has 1 atom stereocenters. The third kappa shape index (κ3) is 3.18. The number of nitrogens with zero attached hydrogens (tertiary/aromatic N) is 2. The molecule has 2 rings (SSSR count). The van der Waals surface area contributed by atoms with Crippen LogP contribution in [0.1, 0.15) is 44.1 Å². The summed E-state index contributed by atoms with van der Waals surface area (Å²) in [6.07, 6.45) is 5.25. The minimum Gasteiger partial charge on any atom is -0.327 e. The van der Waals surface area contributed by atoms with Crippen LogP contribution in [0.25, 0.3) is 11.0 Å². The first-order chi connectivity index (χ1) is 9.71. The van der Waals surface area contributed by atoms with E-state index in [1.54, 1.807) is 0 Å². The van der Waals surface area contributed by atoms with Crippen LogP contribution in [0.3, 0.4) is 0 Å². The van der Waals surface area contributed by atoms with E-state index in [0.29, 0.717) is 0 Å². The van der Waals surface area contributed by atoms with E-state index in [-0.39, 0.29) is 6.04 Å². The summed E-state index contributed by atoms with van der Waals surface area (Å²) in [5.74, 6) is 2.13. The van der Waals surface area contributed by atoms with Gasteiger partial charge in [0.2, 0.25) is 0 Å². The topological polar surface area (TPSA) is 43.8 Å². The van der Waals surface area contributed by atoms with Gasteiger partial charge < -0.3 is 10.3 Å². The summed E-state index contributed by atoms with van der Waals surface area (Å²) < 4.78 is 2.31. The van der Waals surface area contributed by atoms with Crippen molar-refractivity contribution in [2.24, 2.45) is 5.73 Å². The Kier molecular flexibility index (Phi) is 5.49. The number of nitrogens with two attached hydrogens (primary N) is 1. The zero-order valence-corrected chi connectivity index (χ0v) is 13.5. The second kappa shape index (κ2) is 7.14. The SMILES string of the molecule is CCCn1c(C(N)CCSC)nc2cc(CC)ccc21. The van der Waals surface area contributed by atoms with E-state index in [1.165, 1.54) is 11.1 Å². The van der Waals surface area contributed by atoms with E-state index < -0.39 is 0 Å². The predicted molar refractivity (Wildman–Crippen MR) is 89.3 cm³/mol. The maximum Gasteiger partial charge on any atom is 0.126 e. The number of benzene rings is 1. The summed E-state index contributed by atoms with van der Waals surface area (Å²) in [6.45, 7) is 5.36. The highest BCUT2D eigenvalue weighted by atomic mass is 32.2. The molecule has 1 aromatic carbocycles. The highest BCUT2D eigenvalue weighted by Crippen LogP contribution is 2.24. The Hall–Kier alpha value is -1.00. The summed E-state index contributed by atoms with van der Waals surface area (Å²) >= 11 is 1.84. The van der Waals surface area contributed by atoms with Crippen LogP contribution in [0.5, 0.6) is 0 Å². The van der Waals surface area contributed by atoms with Crippen molar-refractivity contribution in [2.45, 2.75) is 45.7 Å². The Labute approximate surface area is 125 Å². The number of fused-ring (bicyclic) bond motifs is 1. The maximum atomic E-state index is 6.35. The molecule has 1 aromatic heterocycles. The largest absolute Gasteiger partial charge is 0.327 e.